The largest absolute Gasteiger partial charge is 0.360 e. The summed E-state index contributed by atoms with van der Waals surface area (Å²) in [5.74, 6) is 0.285. The van der Waals surface area contributed by atoms with Crippen LogP contribution in [0, 0.1) is 0 Å². The first kappa shape index (κ1) is 13.8. The Kier molecular flexibility index (Phi) is 5.01. The van der Waals surface area contributed by atoms with Crippen LogP contribution < -0.4 is 5.32 Å². The van der Waals surface area contributed by atoms with Crippen LogP contribution in [0.5, 0.6) is 0 Å². The van der Waals surface area contributed by atoms with Crippen LogP contribution in [-0.4, -0.2) is 5.78 Å². The molecule has 1 aromatic rings. The summed E-state index contributed by atoms with van der Waals surface area (Å²) in [5, 5.41) is 3.22. The molecular weight excluding hydrogens is 358 g/mol. The highest BCUT2D eigenvalue weighted by molar-refractivity contribution is 9.11. The van der Waals surface area contributed by atoms with Crippen molar-refractivity contribution in [1.29, 1.82) is 0 Å². The summed E-state index contributed by atoms with van der Waals surface area (Å²) >= 11 is 6.91. The van der Waals surface area contributed by atoms with Crippen LogP contribution in [0.3, 0.4) is 0 Å². The highest BCUT2D eigenvalue weighted by Crippen LogP contribution is 2.27. The average Bonchev–Trinajstić information content (AvgIpc) is 2.53. The Morgan fingerprint density at radius 1 is 1.11 bits per heavy atom. The Morgan fingerprint density at radius 2 is 1.89 bits per heavy atom. The van der Waals surface area contributed by atoms with E-state index in [0.717, 1.165) is 45.9 Å². The number of halogens is 2. The highest BCUT2D eigenvalue weighted by atomic mass is 79.9. The third-order valence-electron chi connectivity index (χ3n) is 3.04. The Morgan fingerprint density at radius 3 is 2.67 bits per heavy atom. The molecule has 0 bridgehead atoms. The molecule has 18 heavy (non-hydrogen) atoms. The summed E-state index contributed by atoms with van der Waals surface area (Å²) in [7, 11) is 0. The van der Waals surface area contributed by atoms with Gasteiger partial charge in [0.15, 0.2) is 5.78 Å². The zero-order valence-electron chi connectivity index (χ0n) is 10.0. The van der Waals surface area contributed by atoms with Crippen LogP contribution in [0.2, 0.25) is 0 Å². The Hall–Kier alpha value is -0.610. The molecular formula is C14H15Br2NO. The Bertz CT molecular complexity index is 483. The van der Waals surface area contributed by atoms with Gasteiger partial charge in [0, 0.05) is 27.1 Å². The maximum absolute atomic E-state index is 11.8. The standard InChI is InChI=1S/C14H15Br2NO/c15-11-6-7-13(12(16)8-11)17-9-10-4-2-1-3-5-14(10)18/h6-9,17H,1-5H2/b10-9+. The molecule has 0 amide bonds. The molecule has 0 radical (unpaired) electrons. The fourth-order valence-electron chi connectivity index (χ4n) is 2.00. The van der Waals surface area contributed by atoms with Gasteiger partial charge >= 0.3 is 0 Å². The first-order chi connectivity index (χ1) is 8.66. The second-order valence-corrected chi connectivity index (χ2v) is 6.19. The van der Waals surface area contributed by atoms with Gasteiger partial charge in [-0.15, -0.1) is 0 Å². The van der Waals surface area contributed by atoms with Crippen LogP contribution in [0.15, 0.2) is 38.9 Å². The zero-order chi connectivity index (χ0) is 13.0. The van der Waals surface area contributed by atoms with E-state index in [9.17, 15) is 4.79 Å². The van der Waals surface area contributed by atoms with Gasteiger partial charge in [0.2, 0.25) is 0 Å². The molecule has 0 heterocycles. The third kappa shape index (κ3) is 3.69. The number of anilines is 1. The van der Waals surface area contributed by atoms with Crippen molar-refractivity contribution in [2.24, 2.45) is 0 Å². The lowest BCUT2D eigenvalue weighted by molar-refractivity contribution is -0.115. The van der Waals surface area contributed by atoms with Crippen LogP contribution >= 0.6 is 31.9 Å². The lowest BCUT2D eigenvalue weighted by Crippen LogP contribution is -2.02. The first-order valence-electron chi connectivity index (χ1n) is 6.10. The number of rotatable bonds is 2. The van der Waals surface area contributed by atoms with E-state index in [2.05, 4.69) is 37.2 Å². The molecule has 1 saturated carbocycles. The van der Waals surface area contributed by atoms with E-state index in [1.54, 1.807) is 0 Å². The number of benzene rings is 1. The summed E-state index contributed by atoms with van der Waals surface area (Å²) in [5.41, 5.74) is 1.89. The fraction of sp³-hybridized carbons (Fsp3) is 0.357. The maximum Gasteiger partial charge on any atom is 0.160 e. The molecule has 0 aliphatic heterocycles. The van der Waals surface area contributed by atoms with Gasteiger partial charge in [0.25, 0.3) is 0 Å². The van der Waals surface area contributed by atoms with Gasteiger partial charge in [-0.2, -0.15) is 0 Å². The minimum atomic E-state index is 0.285. The quantitative estimate of drug-likeness (QED) is 0.581. The molecule has 0 aromatic heterocycles. The summed E-state index contributed by atoms with van der Waals surface area (Å²) in [4.78, 5) is 11.8. The van der Waals surface area contributed by atoms with Crippen molar-refractivity contribution in [3.8, 4) is 0 Å². The van der Waals surface area contributed by atoms with Gasteiger partial charge < -0.3 is 5.32 Å². The van der Waals surface area contributed by atoms with E-state index in [0.29, 0.717) is 6.42 Å². The molecule has 1 aliphatic carbocycles. The summed E-state index contributed by atoms with van der Waals surface area (Å²) in [6.07, 6.45) is 6.74. The van der Waals surface area contributed by atoms with Crippen molar-refractivity contribution < 1.29 is 4.79 Å². The van der Waals surface area contributed by atoms with E-state index in [4.69, 9.17) is 0 Å². The number of carbonyl (C=O) groups is 1. The minimum absolute atomic E-state index is 0.285. The predicted octanol–water partition coefficient (Wildman–Crippen LogP) is 5.04. The molecule has 1 fully saturated rings. The molecule has 2 nitrogen and oxygen atoms in total. The van der Waals surface area contributed by atoms with Gasteiger partial charge in [-0.1, -0.05) is 22.4 Å². The number of hydrogen-bond acceptors (Lipinski definition) is 2. The van der Waals surface area contributed by atoms with Crippen molar-refractivity contribution in [2.45, 2.75) is 32.1 Å². The van der Waals surface area contributed by atoms with Crippen molar-refractivity contribution in [2.75, 3.05) is 5.32 Å². The number of Topliss-reactive ketones (excluding diaryl/α,β-unsaturated/α-hetero) is 1. The molecule has 0 saturated heterocycles. The predicted molar refractivity (Wildman–Crippen MR) is 81.6 cm³/mol. The first-order valence-corrected chi connectivity index (χ1v) is 7.69. The molecule has 96 valence electrons. The molecule has 1 aromatic carbocycles. The minimum Gasteiger partial charge on any atom is -0.360 e. The van der Waals surface area contributed by atoms with E-state index >= 15 is 0 Å². The van der Waals surface area contributed by atoms with Gasteiger partial charge in [0.05, 0.1) is 5.69 Å². The fourth-order valence-corrected chi connectivity index (χ4v) is 3.16. The van der Waals surface area contributed by atoms with Crippen molar-refractivity contribution in [3.05, 3.63) is 38.9 Å². The van der Waals surface area contributed by atoms with E-state index in [-0.39, 0.29) is 5.78 Å². The third-order valence-corrected chi connectivity index (χ3v) is 4.19. The summed E-state index contributed by atoms with van der Waals surface area (Å²) in [6, 6.07) is 5.93. The lowest BCUT2D eigenvalue weighted by atomic mass is 10.1. The number of allylic oxidation sites excluding steroid dienone is 1. The molecule has 0 spiro atoms. The molecule has 2 rings (SSSR count). The maximum atomic E-state index is 11.8. The average molecular weight is 373 g/mol. The van der Waals surface area contributed by atoms with E-state index < -0.39 is 0 Å². The Labute approximate surface area is 124 Å². The number of hydrogen-bond donors (Lipinski definition) is 1. The topological polar surface area (TPSA) is 29.1 Å². The van der Waals surface area contributed by atoms with Gasteiger partial charge in [0.1, 0.15) is 0 Å². The molecule has 0 unspecified atom stereocenters. The number of ketones is 1. The van der Waals surface area contributed by atoms with E-state index in [1.165, 1.54) is 0 Å². The van der Waals surface area contributed by atoms with Crippen molar-refractivity contribution >= 4 is 43.3 Å². The van der Waals surface area contributed by atoms with Crippen molar-refractivity contribution in [3.63, 3.8) is 0 Å². The highest BCUT2D eigenvalue weighted by Gasteiger charge is 2.13. The van der Waals surface area contributed by atoms with Crippen LogP contribution in [0.1, 0.15) is 32.1 Å². The number of carbonyl (C=O) groups excluding carboxylic acids is 1. The van der Waals surface area contributed by atoms with Gasteiger partial charge in [-0.25, -0.2) is 0 Å². The van der Waals surface area contributed by atoms with Crippen LogP contribution in [0.25, 0.3) is 0 Å². The molecule has 1 aliphatic rings. The second kappa shape index (κ2) is 6.53. The van der Waals surface area contributed by atoms with Gasteiger partial charge in [-0.05, 0) is 53.4 Å². The SMILES string of the molecule is O=C1CCCCC/C1=C\Nc1ccc(Br)cc1Br. The lowest BCUT2D eigenvalue weighted by Gasteiger charge is -2.07. The van der Waals surface area contributed by atoms with Crippen molar-refractivity contribution in [1.82, 2.24) is 0 Å². The monoisotopic (exact) mass is 371 g/mol. The molecule has 1 N–H and O–H groups in total. The van der Waals surface area contributed by atoms with Crippen LogP contribution in [0.4, 0.5) is 5.69 Å². The molecule has 4 heteroatoms. The van der Waals surface area contributed by atoms with E-state index in [1.807, 2.05) is 24.4 Å². The normalized spacial score (nSPS) is 18.8. The zero-order valence-corrected chi connectivity index (χ0v) is 13.2. The summed E-state index contributed by atoms with van der Waals surface area (Å²) < 4.78 is 2.01. The Balaban J connectivity index is 2.11. The number of nitrogens with one attached hydrogen (secondary N) is 1. The van der Waals surface area contributed by atoms with Gasteiger partial charge in [-0.3, -0.25) is 4.79 Å². The molecule has 0 atom stereocenters. The van der Waals surface area contributed by atoms with Crippen LogP contribution in [-0.2, 0) is 4.79 Å². The summed E-state index contributed by atoms with van der Waals surface area (Å²) in [6.45, 7) is 0. The second-order valence-electron chi connectivity index (χ2n) is 4.42. The smallest absolute Gasteiger partial charge is 0.160 e.